The molecule has 0 bridgehead atoms. The van der Waals surface area contributed by atoms with E-state index in [2.05, 4.69) is 5.10 Å². The molecule has 3 rings (SSSR count). The van der Waals surface area contributed by atoms with Gasteiger partial charge in [-0.25, -0.2) is 8.78 Å². The summed E-state index contributed by atoms with van der Waals surface area (Å²) in [7, 11) is 1.82. The number of ether oxygens (including phenoxy) is 1. The molecule has 2 N–H and O–H groups in total. The highest BCUT2D eigenvalue weighted by Crippen LogP contribution is 2.41. The first-order valence-electron chi connectivity index (χ1n) is 8.87. The predicted molar refractivity (Wildman–Crippen MR) is 111 cm³/mol. The van der Waals surface area contributed by atoms with Gasteiger partial charge in [-0.05, 0) is 55.6 Å². The monoisotopic (exact) mass is 425 g/mol. The van der Waals surface area contributed by atoms with E-state index in [1.165, 1.54) is 11.8 Å². The molecule has 4 nitrogen and oxygen atoms in total. The summed E-state index contributed by atoms with van der Waals surface area (Å²) in [5.74, 6) is -0.195. The van der Waals surface area contributed by atoms with Gasteiger partial charge in [0.05, 0.1) is 12.6 Å². The lowest BCUT2D eigenvalue weighted by molar-refractivity contribution is 0.0981. The molecular formula is C20H22ClF2N3OS. The minimum absolute atomic E-state index is 0.0881. The number of hydrazone groups is 1. The Morgan fingerprint density at radius 1 is 1.32 bits per heavy atom. The number of nitrogens with two attached hydrogens (primary N) is 1. The number of fused-ring (bicyclic) bond motifs is 1. The van der Waals surface area contributed by atoms with Crippen molar-refractivity contribution in [1.29, 1.82) is 0 Å². The van der Waals surface area contributed by atoms with E-state index in [0.717, 1.165) is 35.9 Å². The number of halogens is 3. The number of hydrogen-bond donors (Lipinski definition) is 1. The lowest BCUT2D eigenvalue weighted by Gasteiger charge is -2.38. The fraction of sp³-hybridized carbons (Fsp3) is 0.350. The fourth-order valence-corrected chi connectivity index (χ4v) is 4.22. The van der Waals surface area contributed by atoms with Gasteiger partial charge in [-0.15, -0.1) is 11.8 Å². The van der Waals surface area contributed by atoms with Crippen LogP contribution in [0.15, 0.2) is 41.5 Å². The second-order valence-electron chi connectivity index (χ2n) is 6.58. The quantitative estimate of drug-likeness (QED) is 0.429. The van der Waals surface area contributed by atoms with E-state index in [9.17, 15) is 8.78 Å². The Labute approximate surface area is 172 Å². The fourth-order valence-electron chi connectivity index (χ4n) is 3.46. The van der Waals surface area contributed by atoms with Gasteiger partial charge in [-0.3, -0.25) is 5.01 Å². The molecule has 0 saturated carbocycles. The van der Waals surface area contributed by atoms with Gasteiger partial charge in [0.25, 0.3) is 0 Å². The normalized spacial score (nSPS) is 19.1. The summed E-state index contributed by atoms with van der Waals surface area (Å²) in [6.07, 6.45) is 2.52. The second-order valence-corrected chi connectivity index (χ2v) is 7.81. The van der Waals surface area contributed by atoms with Crippen LogP contribution in [0.3, 0.4) is 0 Å². The Morgan fingerprint density at radius 2 is 2.11 bits per heavy atom. The van der Waals surface area contributed by atoms with Crippen LogP contribution in [0.1, 0.15) is 23.6 Å². The summed E-state index contributed by atoms with van der Waals surface area (Å²) >= 11 is 7.47. The Hall–Kier alpha value is -1.83. The maximum Gasteiger partial charge on any atom is 0.133 e. The molecule has 0 amide bonds. The van der Waals surface area contributed by atoms with E-state index in [-0.39, 0.29) is 17.5 Å². The maximum absolute atomic E-state index is 14.3. The van der Waals surface area contributed by atoms with E-state index in [1.54, 1.807) is 17.3 Å². The van der Waals surface area contributed by atoms with Crippen LogP contribution in [0.25, 0.3) is 0 Å². The number of thioether (sulfide) groups is 1. The van der Waals surface area contributed by atoms with Crippen LogP contribution in [0.4, 0.5) is 8.78 Å². The molecule has 0 aromatic heterocycles. The molecule has 0 saturated heterocycles. The van der Waals surface area contributed by atoms with Gasteiger partial charge >= 0.3 is 0 Å². The summed E-state index contributed by atoms with van der Waals surface area (Å²) < 4.78 is 33.8. The van der Waals surface area contributed by atoms with E-state index < -0.39 is 11.6 Å². The minimum atomic E-state index is -0.517. The van der Waals surface area contributed by atoms with Crippen LogP contribution in [-0.4, -0.2) is 36.5 Å². The van der Waals surface area contributed by atoms with Crippen LogP contribution < -0.4 is 10.5 Å². The van der Waals surface area contributed by atoms with Crippen molar-refractivity contribution < 1.29 is 13.5 Å². The maximum atomic E-state index is 14.3. The first-order chi connectivity index (χ1) is 13.4. The van der Waals surface area contributed by atoms with E-state index in [4.69, 9.17) is 22.1 Å². The molecule has 0 radical (unpaired) electrons. The van der Waals surface area contributed by atoms with Crippen molar-refractivity contribution in [3.63, 3.8) is 0 Å². The number of hydrogen-bond acceptors (Lipinski definition) is 5. The Kier molecular flexibility index (Phi) is 6.80. The molecule has 0 fully saturated rings. The first kappa shape index (κ1) is 20.9. The topological polar surface area (TPSA) is 50.8 Å². The van der Waals surface area contributed by atoms with E-state index in [0.29, 0.717) is 23.2 Å². The summed E-state index contributed by atoms with van der Waals surface area (Å²) in [6, 6.07) is 8.68. The summed E-state index contributed by atoms with van der Waals surface area (Å²) in [6.45, 7) is 1.01. The van der Waals surface area contributed by atoms with Crippen LogP contribution in [0, 0.1) is 17.6 Å². The highest BCUT2D eigenvalue weighted by Gasteiger charge is 2.34. The summed E-state index contributed by atoms with van der Waals surface area (Å²) in [5, 5.41) is 7.38. The molecular weight excluding hydrogens is 404 g/mol. The first-order valence-corrected chi connectivity index (χ1v) is 10.5. The molecule has 0 spiro atoms. The molecule has 28 heavy (non-hydrogen) atoms. The third-order valence-electron chi connectivity index (χ3n) is 4.73. The van der Waals surface area contributed by atoms with Gasteiger partial charge in [0.2, 0.25) is 0 Å². The molecule has 2 atom stereocenters. The third-order valence-corrected chi connectivity index (χ3v) is 5.65. The summed E-state index contributed by atoms with van der Waals surface area (Å²) in [5.41, 5.74) is 6.83. The van der Waals surface area contributed by atoms with E-state index >= 15 is 0 Å². The third kappa shape index (κ3) is 4.42. The van der Waals surface area contributed by atoms with Crippen molar-refractivity contribution in [3.8, 4) is 5.75 Å². The predicted octanol–water partition coefficient (Wildman–Crippen LogP) is 4.67. The smallest absolute Gasteiger partial charge is 0.133 e. The number of rotatable bonds is 5. The molecule has 150 valence electrons. The number of benzene rings is 2. The lowest BCUT2D eigenvalue weighted by atomic mass is 9.88. The molecule has 2 unspecified atom stereocenters. The van der Waals surface area contributed by atoms with Gasteiger partial charge in [-0.1, -0.05) is 11.6 Å². The highest BCUT2D eigenvalue weighted by atomic mass is 35.5. The van der Waals surface area contributed by atoms with Crippen molar-refractivity contribution in [1.82, 2.24) is 5.01 Å². The van der Waals surface area contributed by atoms with Crippen molar-refractivity contribution in [2.24, 2.45) is 16.8 Å². The van der Waals surface area contributed by atoms with Gasteiger partial charge in [0.1, 0.15) is 22.4 Å². The van der Waals surface area contributed by atoms with Crippen LogP contribution in [-0.2, 0) is 0 Å². The Bertz CT molecular complexity index is 881. The zero-order valence-electron chi connectivity index (χ0n) is 15.7. The Morgan fingerprint density at radius 3 is 2.82 bits per heavy atom. The lowest BCUT2D eigenvalue weighted by Crippen LogP contribution is -2.36. The van der Waals surface area contributed by atoms with Crippen molar-refractivity contribution in [3.05, 3.63) is 64.2 Å². The largest absolute Gasteiger partial charge is 0.493 e. The van der Waals surface area contributed by atoms with Crippen LogP contribution >= 0.6 is 23.4 Å². The molecule has 8 heteroatoms. The van der Waals surface area contributed by atoms with E-state index in [1.807, 2.05) is 19.2 Å². The second kappa shape index (κ2) is 9.11. The van der Waals surface area contributed by atoms with Crippen molar-refractivity contribution in [2.75, 3.05) is 26.5 Å². The highest BCUT2D eigenvalue weighted by molar-refractivity contribution is 8.13. The standard InChI is InChI=1S/C20H22ClF2N3OS/c1-26(25-20(28-2)15-10-14(22)4-5-17(15)23)19-12(7-8-24)11-27-18-6-3-13(21)9-16(18)19/h3-6,9-10,12,19H,7-8,11,24H2,1-2H3/b25-20-. The SMILES string of the molecule is CS/C(=N\N(C)C1c2cc(Cl)ccc2OCC1CCN)c1cc(F)ccc1F. The zero-order chi connectivity index (χ0) is 20.3. The molecule has 1 aliphatic rings. The molecule has 2 aromatic rings. The van der Waals surface area contributed by atoms with Crippen LogP contribution in [0.2, 0.25) is 5.02 Å². The van der Waals surface area contributed by atoms with Gasteiger partial charge in [-0.2, -0.15) is 5.10 Å². The minimum Gasteiger partial charge on any atom is -0.493 e. The molecule has 0 aliphatic carbocycles. The van der Waals surface area contributed by atoms with Gasteiger partial charge < -0.3 is 10.5 Å². The summed E-state index contributed by atoms with van der Waals surface area (Å²) in [4.78, 5) is 0. The number of nitrogens with zero attached hydrogens (tertiary/aromatic N) is 2. The van der Waals surface area contributed by atoms with Gasteiger partial charge in [0.15, 0.2) is 0 Å². The van der Waals surface area contributed by atoms with Crippen LogP contribution in [0.5, 0.6) is 5.75 Å². The molecule has 1 heterocycles. The molecule has 2 aromatic carbocycles. The van der Waals surface area contributed by atoms with Crippen molar-refractivity contribution >= 4 is 28.4 Å². The average molecular weight is 426 g/mol. The van der Waals surface area contributed by atoms with Gasteiger partial charge in [0, 0.05) is 29.1 Å². The van der Waals surface area contributed by atoms with Crippen molar-refractivity contribution in [2.45, 2.75) is 12.5 Å². The average Bonchev–Trinajstić information content (AvgIpc) is 2.68. The zero-order valence-corrected chi connectivity index (χ0v) is 17.2. The Balaban J connectivity index is 2.02. The molecule has 1 aliphatic heterocycles.